The van der Waals surface area contributed by atoms with Gasteiger partial charge in [-0.05, 0) is 45.4 Å². The molecule has 1 aromatic carbocycles. The van der Waals surface area contributed by atoms with Crippen LogP contribution in [0, 0.1) is 0 Å². The van der Waals surface area contributed by atoms with E-state index in [4.69, 9.17) is 0 Å². The monoisotopic (exact) mass is 303 g/mol. The molecule has 90 valence electrons. The summed E-state index contributed by atoms with van der Waals surface area (Å²) < 4.78 is 15.8. The maximum absolute atomic E-state index is 11.9. The van der Waals surface area contributed by atoms with E-state index >= 15 is 0 Å². The molecule has 1 aromatic rings. The van der Waals surface area contributed by atoms with Crippen LogP contribution >= 0.6 is 15.9 Å². The van der Waals surface area contributed by atoms with Gasteiger partial charge in [0.25, 0.3) is 0 Å². The third-order valence-corrected chi connectivity index (χ3v) is 4.36. The molecule has 0 bridgehead atoms. The number of hydrogen-bond donors (Lipinski definition) is 1. The van der Waals surface area contributed by atoms with E-state index in [1.54, 1.807) is 0 Å². The van der Waals surface area contributed by atoms with Gasteiger partial charge in [0.15, 0.2) is 0 Å². The third-order valence-electron chi connectivity index (χ3n) is 2.19. The highest BCUT2D eigenvalue weighted by molar-refractivity contribution is 9.10. The Morgan fingerprint density at radius 1 is 1.38 bits per heavy atom. The first kappa shape index (κ1) is 14.0. The van der Waals surface area contributed by atoms with E-state index < -0.39 is 11.4 Å². The Labute approximate surface area is 109 Å². The predicted molar refractivity (Wildman–Crippen MR) is 73.6 cm³/mol. The molecule has 1 unspecified atom stereocenters. The zero-order valence-corrected chi connectivity index (χ0v) is 12.5. The molecule has 0 saturated carbocycles. The first-order valence-corrected chi connectivity index (χ1v) is 7.18. The van der Waals surface area contributed by atoms with Gasteiger partial charge in [-0.2, -0.15) is 0 Å². The number of rotatable bonds is 3. The van der Waals surface area contributed by atoms with Crippen molar-refractivity contribution in [1.82, 2.24) is 4.72 Å². The molecular weight excluding hydrogens is 286 g/mol. The number of nitrogens with one attached hydrogen (secondary N) is 1. The minimum atomic E-state index is -1.04. The summed E-state index contributed by atoms with van der Waals surface area (Å²) in [6.45, 7) is 7.91. The smallest absolute Gasteiger partial charge is 0.136 e. The van der Waals surface area contributed by atoms with E-state index in [1.165, 1.54) is 0 Å². The Balaban J connectivity index is 2.69. The molecule has 0 fully saturated rings. The Hall–Kier alpha value is -0.0300. The Kier molecular flexibility index (Phi) is 4.86. The molecule has 0 aliphatic rings. The van der Waals surface area contributed by atoms with Gasteiger partial charge in [-0.1, -0.05) is 28.1 Å². The van der Waals surface area contributed by atoms with E-state index in [0.717, 1.165) is 10.0 Å². The van der Waals surface area contributed by atoms with E-state index in [9.17, 15) is 4.55 Å². The molecule has 0 amide bonds. The van der Waals surface area contributed by atoms with Crippen molar-refractivity contribution in [2.45, 2.75) is 38.5 Å². The van der Waals surface area contributed by atoms with E-state index in [0.29, 0.717) is 0 Å². The van der Waals surface area contributed by atoms with Crippen molar-refractivity contribution in [3.8, 4) is 0 Å². The molecule has 1 N–H and O–H groups in total. The van der Waals surface area contributed by atoms with Gasteiger partial charge in [0.05, 0.1) is 6.04 Å². The van der Waals surface area contributed by atoms with Crippen molar-refractivity contribution >= 4 is 27.3 Å². The lowest BCUT2D eigenvalue weighted by Crippen LogP contribution is -2.40. The minimum absolute atomic E-state index is 0.0811. The zero-order chi connectivity index (χ0) is 12.3. The molecular formula is C12H18BrNOS. The van der Waals surface area contributed by atoms with Crippen LogP contribution < -0.4 is 4.72 Å². The van der Waals surface area contributed by atoms with Crippen LogP contribution in [-0.2, 0) is 11.4 Å². The van der Waals surface area contributed by atoms with Crippen LogP contribution in [0.1, 0.15) is 39.3 Å². The van der Waals surface area contributed by atoms with Gasteiger partial charge >= 0.3 is 0 Å². The van der Waals surface area contributed by atoms with Crippen LogP contribution in [0.5, 0.6) is 0 Å². The van der Waals surface area contributed by atoms with Gasteiger partial charge in [0.1, 0.15) is 4.75 Å². The maximum atomic E-state index is 11.9. The lowest BCUT2D eigenvalue weighted by atomic mass is 10.1. The summed E-state index contributed by atoms with van der Waals surface area (Å²) in [7, 11) is 0. The molecule has 0 saturated heterocycles. The highest BCUT2D eigenvalue weighted by atomic mass is 79.9. The largest absolute Gasteiger partial charge is 0.598 e. The lowest BCUT2D eigenvalue weighted by molar-refractivity contribution is 0.531. The van der Waals surface area contributed by atoms with Crippen LogP contribution in [0.15, 0.2) is 28.7 Å². The van der Waals surface area contributed by atoms with Gasteiger partial charge in [0.2, 0.25) is 0 Å². The van der Waals surface area contributed by atoms with Crippen LogP contribution in [0.2, 0.25) is 0 Å². The normalized spacial score (nSPS) is 15.9. The second-order valence-corrected chi connectivity index (χ2v) is 7.69. The van der Waals surface area contributed by atoms with E-state index in [2.05, 4.69) is 20.7 Å². The van der Waals surface area contributed by atoms with Crippen molar-refractivity contribution < 1.29 is 4.55 Å². The van der Waals surface area contributed by atoms with Crippen LogP contribution in [-0.4, -0.2) is 9.30 Å². The molecule has 2 atom stereocenters. The van der Waals surface area contributed by atoms with Crippen molar-refractivity contribution in [3.63, 3.8) is 0 Å². The van der Waals surface area contributed by atoms with Crippen LogP contribution in [0.3, 0.4) is 0 Å². The number of hydrogen-bond acceptors (Lipinski definition) is 2. The molecule has 4 heteroatoms. The fraction of sp³-hybridized carbons (Fsp3) is 0.500. The van der Waals surface area contributed by atoms with E-state index in [1.807, 2.05) is 52.0 Å². The number of benzene rings is 1. The van der Waals surface area contributed by atoms with Crippen LogP contribution in [0.25, 0.3) is 0 Å². The fourth-order valence-electron chi connectivity index (χ4n) is 1.18. The van der Waals surface area contributed by atoms with Crippen molar-refractivity contribution in [1.29, 1.82) is 0 Å². The van der Waals surface area contributed by atoms with Gasteiger partial charge in [-0.15, -0.1) is 4.72 Å². The molecule has 16 heavy (non-hydrogen) atoms. The molecule has 0 spiro atoms. The highest BCUT2D eigenvalue weighted by Gasteiger charge is 2.28. The first-order valence-electron chi connectivity index (χ1n) is 5.24. The zero-order valence-electron chi connectivity index (χ0n) is 10.1. The Morgan fingerprint density at radius 3 is 2.50 bits per heavy atom. The maximum Gasteiger partial charge on any atom is 0.136 e. The van der Waals surface area contributed by atoms with Crippen LogP contribution in [0.4, 0.5) is 0 Å². The molecule has 0 radical (unpaired) electrons. The molecule has 1 rings (SSSR count). The third kappa shape index (κ3) is 4.09. The van der Waals surface area contributed by atoms with Gasteiger partial charge in [-0.3, -0.25) is 0 Å². The summed E-state index contributed by atoms with van der Waals surface area (Å²) >= 11 is 2.39. The van der Waals surface area contributed by atoms with Crippen molar-refractivity contribution in [2.75, 3.05) is 0 Å². The van der Waals surface area contributed by atoms with Gasteiger partial charge in [0, 0.05) is 15.8 Å². The lowest BCUT2D eigenvalue weighted by Gasteiger charge is -2.26. The SMILES string of the molecule is CC(N[S@+]([O-])C(C)(C)C)c1cccc(Br)c1. The second kappa shape index (κ2) is 5.54. The van der Waals surface area contributed by atoms with Crippen molar-refractivity contribution in [3.05, 3.63) is 34.3 Å². The average molecular weight is 304 g/mol. The molecule has 0 aliphatic carbocycles. The molecule has 0 aromatic heterocycles. The molecule has 0 aliphatic heterocycles. The van der Waals surface area contributed by atoms with Gasteiger partial charge in [-0.25, -0.2) is 0 Å². The Bertz CT molecular complexity index is 351. The predicted octanol–water partition coefficient (Wildman–Crippen LogP) is 3.56. The van der Waals surface area contributed by atoms with Crippen molar-refractivity contribution in [2.24, 2.45) is 0 Å². The summed E-state index contributed by atoms with van der Waals surface area (Å²) in [5, 5.41) is 0. The van der Waals surface area contributed by atoms with Gasteiger partial charge < -0.3 is 4.55 Å². The topological polar surface area (TPSA) is 35.1 Å². The fourth-order valence-corrected chi connectivity index (χ4v) is 2.41. The quantitative estimate of drug-likeness (QED) is 0.867. The molecule has 0 heterocycles. The summed E-state index contributed by atoms with van der Waals surface area (Å²) in [6.07, 6.45) is 0. The summed E-state index contributed by atoms with van der Waals surface area (Å²) in [6, 6.07) is 8.12. The summed E-state index contributed by atoms with van der Waals surface area (Å²) in [4.78, 5) is 0. The molecule has 2 nitrogen and oxygen atoms in total. The minimum Gasteiger partial charge on any atom is -0.598 e. The summed E-state index contributed by atoms with van der Waals surface area (Å²) in [5.41, 5.74) is 1.13. The van der Waals surface area contributed by atoms with E-state index in [-0.39, 0.29) is 10.8 Å². The second-order valence-electron chi connectivity index (χ2n) is 4.78. The number of halogens is 1. The average Bonchev–Trinajstić information content (AvgIpc) is 2.16. The standard InChI is InChI=1S/C12H18BrNOS/c1-9(14-16(15)12(2,3)4)10-6-5-7-11(13)8-10/h5-9,14H,1-4H3/t9?,16-/m1/s1. The Morgan fingerprint density at radius 2 is 2.00 bits per heavy atom. The summed E-state index contributed by atoms with van der Waals surface area (Å²) in [5.74, 6) is 0. The first-order chi connectivity index (χ1) is 7.30. The highest BCUT2D eigenvalue weighted by Crippen LogP contribution is 2.21.